The SMILES string of the molecule is CCC(C)(C)CC(C)(C(=O)OC(C(F)(F)F)C(F)(F)F)C(C)(C)CC. The zero-order valence-corrected chi connectivity index (χ0v) is 15.8. The topological polar surface area (TPSA) is 26.3 Å². The third-order valence-corrected chi connectivity index (χ3v) is 5.44. The summed E-state index contributed by atoms with van der Waals surface area (Å²) in [5.74, 6) is -1.47. The van der Waals surface area contributed by atoms with Crippen molar-refractivity contribution in [1.29, 1.82) is 0 Å². The fourth-order valence-electron chi connectivity index (χ4n) is 2.62. The molecule has 0 saturated heterocycles. The van der Waals surface area contributed by atoms with Crippen molar-refractivity contribution in [2.75, 3.05) is 0 Å². The summed E-state index contributed by atoms with van der Waals surface area (Å²) in [4.78, 5) is 12.5. The van der Waals surface area contributed by atoms with Gasteiger partial charge >= 0.3 is 18.3 Å². The van der Waals surface area contributed by atoms with Gasteiger partial charge in [-0.25, -0.2) is 0 Å². The second-order valence-electron chi connectivity index (χ2n) is 8.13. The first-order chi connectivity index (χ1) is 10.8. The van der Waals surface area contributed by atoms with Crippen molar-refractivity contribution < 1.29 is 35.9 Å². The van der Waals surface area contributed by atoms with E-state index < -0.39 is 40.7 Å². The molecule has 0 aliphatic rings. The Hall–Kier alpha value is -0.950. The fraction of sp³-hybridized carbons (Fsp3) is 0.941. The molecule has 0 rings (SSSR count). The highest BCUT2D eigenvalue weighted by Crippen LogP contribution is 2.51. The minimum Gasteiger partial charge on any atom is -0.442 e. The fourth-order valence-corrected chi connectivity index (χ4v) is 2.62. The molecule has 0 aliphatic heterocycles. The molecule has 0 saturated carbocycles. The van der Waals surface area contributed by atoms with Crippen LogP contribution in [0.3, 0.4) is 0 Å². The number of esters is 1. The lowest BCUT2D eigenvalue weighted by atomic mass is 9.58. The number of hydrogen-bond acceptors (Lipinski definition) is 2. The Kier molecular flexibility index (Phi) is 7.07. The van der Waals surface area contributed by atoms with Gasteiger partial charge in [0.2, 0.25) is 0 Å². The highest BCUT2D eigenvalue weighted by atomic mass is 19.4. The highest BCUT2D eigenvalue weighted by molar-refractivity contribution is 5.78. The first-order valence-corrected chi connectivity index (χ1v) is 8.18. The van der Waals surface area contributed by atoms with E-state index >= 15 is 0 Å². The largest absolute Gasteiger partial charge is 0.442 e. The molecule has 25 heavy (non-hydrogen) atoms. The first kappa shape index (κ1) is 24.1. The van der Waals surface area contributed by atoms with Gasteiger partial charge in [-0.2, -0.15) is 26.3 Å². The molecule has 1 atom stereocenters. The number of hydrogen-bond donors (Lipinski definition) is 0. The van der Waals surface area contributed by atoms with Gasteiger partial charge < -0.3 is 4.74 Å². The van der Waals surface area contributed by atoms with E-state index in [2.05, 4.69) is 4.74 Å². The van der Waals surface area contributed by atoms with Crippen LogP contribution in [0.4, 0.5) is 26.3 Å². The maximum atomic E-state index is 12.7. The lowest BCUT2D eigenvalue weighted by Gasteiger charge is -2.46. The molecule has 0 aromatic heterocycles. The zero-order valence-electron chi connectivity index (χ0n) is 15.8. The number of carbonyl (C=O) groups excluding carboxylic acids is 1. The molecule has 0 bridgehead atoms. The van der Waals surface area contributed by atoms with Crippen molar-refractivity contribution in [1.82, 2.24) is 0 Å². The van der Waals surface area contributed by atoms with Crippen LogP contribution in [0.2, 0.25) is 0 Å². The third-order valence-electron chi connectivity index (χ3n) is 5.44. The van der Waals surface area contributed by atoms with Gasteiger partial charge in [-0.3, -0.25) is 4.79 Å². The van der Waals surface area contributed by atoms with Gasteiger partial charge in [-0.1, -0.05) is 48.0 Å². The van der Waals surface area contributed by atoms with Crippen molar-refractivity contribution in [3.05, 3.63) is 0 Å². The molecule has 0 heterocycles. The molecule has 0 aliphatic carbocycles. The van der Waals surface area contributed by atoms with E-state index in [1.54, 1.807) is 20.8 Å². The predicted molar refractivity (Wildman–Crippen MR) is 82.9 cm³/mol. The minimum absolute atomic E-state index is 0.110. The molecule has 0 aromatic rings. The van der Waals surface area contributed by atoms with Gasteiger partial charge in [0, 0.05) is 0 Å². The minimum atomic E-state index is -5.72. The van der Waals surface area contributed by atoms with Crippen molar-refractivity contribution in [2.45, 2.75) is 86.2 Å². The molecule has 0 amide bonds. The summed E-state index contributed by atoms with van der Waals surface area (Å²) in [5, 5.41) is 0. The van der Waals surface area contributed by atoms with E-state index in [1.807, 2.05) is 20.8 Å². The summed E-state index contributed by atoms with van der Waals surface area (Å²) in [6, 6.07) is 0. The van der Waals surface area contributed by atoms with Crippen LogP contribution in [-0.2, 0) is 9.53 Å². The van der Waals surface area contributed by atoms with Crippen molar-refractivity contribution >= 4 is 5.97 Å². The van der Waals surface area contributed by atoms with E-state index in [4.69, 9.17) is 0 Å². The van der Waals surface area contributed by atoms with Crippen LogP contribution in [0.5, 0.6) is 0 Å². The van der Waals surface area contributed by atoms with Crippen LogP contribution >= 0.6 is 0 Å². The van der Waals surface area contributed by atoms with Crippen molar-refractivity contribution in [3.63, 3.8) is 0 Å². The molecule has 0 fully saturated rings. The van der Waals surface area contributed by atoms with Crippen LogP contribution < -0.4 is 0 Å². The third kappa shape index (κ3) is 5.78. The molecule has 0 aromatic carbocycles. The van der Waals surface area contributed by atoms with E-state index in [1.165, 1.54) is 6.92 Å². The summed E-state index contributed by atoms with van der Waals surface area (Å²) in [6.45, 7) is 11.9. The van der Waals surface area contributed by atoms with Crippen LogP contribution in [0.1, 0.15) is 67.7 Å². The molecule has 0 N–H and O–H groups in total. The standard InChI is InChI=1S/C17H28F6O2/c1-8-13(3,4)10-15(7,14(5,6)9-2)12(24)25-11(16(18,19)20)17(21,22)23/h11H,8-10H2,1-7H3. The normalized spacial score (nSPS) is 16.7. The van der Waals surface area contributed by atoms with Gasteiger partial charge in [0.25, 0.3) is 6.10 Å². The maximum Gasteiger partial charge on any atom is 0.434 e. The van der Waals surface area contributed by atoms with E-state index in [9.17, 15) is 31.1 Å². The van der Waals surface area contributed by atoms with Crippen LogP contribution in [0.25, 0.3) is 0 Å². The van der Waals surface area contributed by atoms with Crippen LogP contribution in [-0.4, -0.2) is 24.4 Å². The number of ether oxygens (including phenoxy) is 1. The number of halogens is 6. The smallest absolute Gasteiger partial charge is 0.434 e. The first-order valence-electron chi connectivity index (χ1n) is 8.18. The Morgan fingerprint density at radius 2 is 1.24 bits per heavy atom. The molecule has 0 spiro atoms. The maximum absolute atomic E-state index is 12.7. The van der Waals surface area contributed by atoms with E-state index in [0.717, 1.165) is 0 Å². The average molecular weight is 378 g/mol. The van der Waals surface area contributed by atoms with Gasteiger partial charge in [0.1, 0.15) is 0 Å². The van der Waals surface area contributed by atoms with E-state index in [0.29, 0.717) is 12.8 Å². The Bertz CT molecular complexity index is 451. The highest BCUT2D eigenvalue weighted by Gasteiger charge is 2.62. The summed E-state index contributed by atoms with van der Waals surface area (Å²) in [7, 11) is 0. The number of alkyl halides is 6. The quantitative estimate of drug-likeness (QED) is 0.384. The Labute approximate surface area is 145 Å². The zero-order chi connectivity index (χ0) is 20.5. The monoisotopic (exact) mass is 378 g/mol. The van der Waals surface area contributed by atoms with Crippen molar-refractivity contribution in [3.8, 4) is 0 Å². The average Bonchev–Trinajstić information content (AvgIpc) is 2.41. The molecule has 150 valence electrons. The molecular formula is C17H28F6O2. The summed E-state index contributed by atoms with van der Waals surface area (Å²) in [6.07, 6.45) is -14.4. The second-order valence-corrected chi connectivity index (χ2v) is 8.13. The molecular weight excluding hydrogens is 350 g/mol. The number of rotatable bonds is 7. The summed E-state index contributed by atoms with van der Waals surface area (Å²) < 4.78 is 80.5. The summed E-state index contributed by atoms with van der Waals surface area (Å²) >= 11 is 0. The molecule has 8 heteroatoms. The van der Waals surface area contributed by atoms with Crippen LogP contribution in [0, 0.1) is 16.2 Å². The van der Waals surface area contributed by atoms with Crippen molar-refractivity contribution in [2.24, 2.45) is 16.2 Å². The summed E-state index contributed by atoms with van der Waals surface area (Å²) in [5.41, 5.74) is -2.81. The van der Waals surface area contributed by atoms with Crippen LogP contribution in [0.15, 0.2) is 0 Å². The predicted octanol–water partition coefficient (Wildman–Crippen LogP) is 6.29. The Morgan fingerprint density at radius 1 is 0.840 bits per heavy atom. The van der Waals surface area contributed by atoms with E-state index in [-0.39, 0.29) is 6.42 Å². The van der Waals surface area contributed by atoms with Gasteiger partial charge in [0.15, 0.2) is 0 Å². The Balaban J connectivity index is 5.94. The van der Waals surface area contributed by atoms with Gasteiger partial charge in [0.05, 0.1) is 5.41 Å². The van der Waals surface area contributed by atoms with Gasteiger partial charge in [-0.15, -0.1) is 0 Å². The lowest BCUT2D eigenvalue weighted by Crippen LogP contribution is -2.52. The Morgan fingerprint density at radius 3 is 1.52 bits per heavy atom. The van der Waals surface area contributed by atoms with Gasteiger partial charge in [-0.05, 0) is 30.6 Å². The second kappa shape index (κ2) is 7.35. The number of carbonyl (C=O) groups is 1. The molecule has 1 unspecified atom stereocenters. The molecule has 2 nitrogen and oxygen atoms in total. The molecule has 0 radical (unpaired) electrons. The lowest BCUT2D eigenvalue weighted by molar-refractivity contribution is -0.317.